The lowest BCUT2D eigenvalue weighted by Crippen LogP contribution is -2.45. The van der Waals surface area contributed by atoms with Crippen LogP contribution in [0.3, 0.4) is 0 Å². The van der Waals surface area contributed by atoms with Crippen LogP contribution in [-0.2, 0) is 6.42 Å². The molecule has 1 rings (SSSR count). The first-order valence-corrected chi connectivity index (χ1v) is 6.26. The summed E-state index contributed by atoms with van der Waals surface area (Å²) in [6.07, 6.45) is 2.26. The fourth-order valence-electron chi connectivity index (χ4n) is 1.90. The molecule has 0 saturated heterocycles. The molecule has 0 amide bonds. The molecule has 1 heteroatoms. The minimum Gasteiger partial charge on any atom is -0.309 e. The number of benzene rings is 1. The van der Waals surface area contributed by atoms with Crippen LogP contribution in [0.25, 0.3) is 0 Å². The lowest BCUT2D eigenvalue weighted by molar-refractivity contribution is 0.332. The average molecular weight is 219 g/mol. The first-order valence-electron chi connectivity index (χ1n) is 6.26. The van der Waals surface area contributed by atoms with Crippen LogP contribution >= 0.6 is 0 Å². The van der Waals surface area contributed by atoms with Crippen LogP contribution in [0.4, 0.5) is 0 Å². The lowest BCUT2D eigenvalue weighted by Gasteiger charge is -2.29. The maximum Gasteiger partial charge on any atom is 0.0125 e. The first kappa shape index (κ1) is 13.2. The van der Waals surface area contributed by atoms with Crippen LogP contribution < -0.4 is 5.32 Å². The molecule has 0 aromatic heterocycles. The van der Waals surface area contributed by atoms with E-state index in [0.29, 0.717) is 6.04 Å². The van der Waals surface area contributed by atoms with E-state index in [9.17, 15) is 0 Å². The summed E-state index contributed by atoms with van der Waals surface area (Å²) in [5.41, 5.74) is 2.99. The van der Waals surface area contributed by atoms with Gasteiger partial charge in [0.05, 0.1) is 0 Å². The molecule has 0 aliphatic heterocycles. The molecule has 1 unspecified atom stereocenters. The minimum atomic E-state index is 0.240. The van der Waals surface area contributed by atoms with Crippen molar-refractivity contribution in [3.8, 4) is 0 Å². The van der Waals surface area contributed by atoms with Gasteiger partial charge in [-0.25, -0.2) is 0 Å². The minimum absolute atomic E-state index is 0.240. The summed E-state index contributed by atoms with van der Waals surface area (Å²) in [5, 5.41) is 3.67. The molecule has 0 bridgehead atoms. The van der Waals surface area contributed by atoms with Crippen molar-refractivity contribution < 1.29 is 0 Å². The van der Waals surface area contributed by atoms with Gasteiger partial charge >= 0.3 is 0 Å². The second-order valence-electron chi connectivity index (χ2n) is 5.47. The topological polar surface area (TPSA) is 12.0 Å². The predicted molar refractivity (Wildman–Crippen MR) is 71.9 cm³/mol. The molecule has 1 nitrogen and oxygen atoms in total. The van der Waals surface area contributed by atoms with Gasteiger partial charge in [-0.15, -0.1) is 0 Å². The molecule has 0 heterocycles. The Hall–Kier alpha value is -0.820. The Labute approximate surface area is 100 Å². The van der Waals surface area contributed by atoms with Crippen LogP contribution in [0.1, 0.15) is 45.2 Å². The first-order chi connectivity index (χ1) is 7.43. The van der Waals surface area contributed by atoms with E-state index >= 15 is 0 Å². The third-order valence-electron chi connectivity index (χ3n) is 3.18. The van der Waals surface area contributed by atoms with E-state index in [1.165, 1.54) is 11.1 Å². The van der Waals surface area contributed by atoms with Crippen LogP contribution in [0.2, 0.25) is 0 Å². The smallest absolute Gasteiger partial charge is 0.0125 e. The fraction of sp³-hybridized carbons (Fsp3) is 0.600. The third-order valence-corrected chi connectivity index (χ3v) is 3.18. The highest BCUT2D eigenvalue weighted by atomic mass is 15.0. The highest BCUT2D eigenvalue weighted by Crippen LogP contribution is 2.11. The zero-order valence-corrected chi connectivity index (χ0v) is 11.3. The molecule has 0 saturated carbocycles. The van der Waals surface area contributed by atoms with Crippen molar-refractivity contribution in [3.05, 3.63) is 35.4 Å². The molecule has 1 aromatic carbocycles. The standard InChI is InChI=1S/C15H25N/c1-6-15(4,5)16-13(3)11-14-9-7-12(2)8-10-14/h7-10,13,16H,6,11H2,1-5H3. The van der Waals surface area contributed by atoms with Crippen LogP contribution in [0, 0.1) is 6.92 Å². The lowest BCUT2D eigenvalue weighted by atomic mass is 9.98. The Morgan fingerprint density at radius 1 is 1.19 bits per heavy atom. The number of nitrogens with one attached hydrogen (secondary N) is 1. The zero-order chi connectivity index (χ0) is 12.2. The van der Waals surface area contributed by atoms with Gasteiger partial charge in [-0.05, 0) is 46.1 Å². The number of rotatable bonds is 5. The number of hydrogen-bond acceptors (Lipinski definition) is 1. The van der Waals surface area contributed by atoms with Gasteiger partial charge in [-0.2, -0.15) is 0 Å². The molecule has 1 aromatic rings. The van der Waals surface area contributed by atoms with Gasteiger partial charge < -0.3 is 5.32 Å². The van der Waals surface area contributed by atoms with Crippen molar-refractivity contribution in [1.29, 1.82) is 0 Å². The van der Waals surface area contributed by atoms with Crippen molar-refractivity contribution in [2.24, 2.45) is 0 Å². The monoisotopic (exact) mass is 219 g/mol. The van der Waals surface area contributed by atoms with Gasteiger partial charge in [0, 0.05) is 11.6 Å². The Morgan fingerprint density at radius 3 is 2.25 bits per heavy atom. The summed E-state index contributed by atoms with van der Waals surface area (Å²) in [7, 11) is 0. The maximum absolute atomic E-state index is 3.67. The predicted octanol–water partition coefficient (Wildman–Crippen LogP) is 3.70. The Morgan fingerprint density at radius 2 is 1.75 bits per heavy atom. The normalized spacial score (nSPS) is 13.8. The highest BCUT2D eigenvalue weighted by Gasteiger charge is 2.17. The summed E-state index contributed by atoms with van der Waals surface area (Å²) in [6, 6.07) is 9.36. The van der Waals surface area contributed by atoms with E-state index in [1.54, 1.807) is 0 Å². The van der Waals surface area contributed by atoms with Crippen LogP contribution in [0.5, 0.6) is 0 Å². The molecular formula is C15H25N. The SMILES string of the molecule is CCC(C)(C)NC(C)Cc1ccc(C)cc1. The molecule has 0 aliphatic carbocycles. The van der Waals surface area contributed by atoms with E-state index in [-0.39, 0.29) is 5.54 Å². The average Bonchev–Trinajstić information content (AvgIpc) is 2.21. The Kier molecular flexibility index (Phi) is 4.55. The quantitative estimate of drug-likeness (QED) is 0.796. The van der Waals surface area contributed by atoms with E-state index in [4.69, 9.17) is 0 Å². The Bertz CT molecular complexity index is 311. The molecule has 16 heavy (non-hydrogen) atoms. The van der Waals surface area contributed by atoms with Gasteiger partial charge in [0.25, 0.3) is 0 Å². The summed E-state index contributed by atoms with van der Waals surface area (Å²) < 4.78 is 0. The number of hydrogen-bond donors (Lipinski definition) is 1. The van der Waals surface area contributed by atoms with Gasteiger partial charge in [-0.3, -0.25) is 0 Å². The van der Waals surface area contributed by atoms with Crippen molar-refractivity contribution in [3.63, 3.8) is 0 Å². The Balaban J connectivity index is 2.51. The van der Waals surface area contributed by atoms with Gasteiger partial charge in [-0.1, -0.05) is 36.8 Å². The summed E-state index contributed by atoms with van der Waals surface area (Å²) >= 11 is 0. The molecule has 0 radical (unpaired) electrons. The molecule has 1 atom stereocenters. The molecule has 1 N–H and O–H groups in total. The van der Waals surface area contributed by atoms with E-state index in [1.807, 2.05) is 0 Å². The van der Waals surface area contributed by atoms with E-state index in [2.05, 4.69) is 64.2 Å². The summed E-state index contributed by atoms with van der Waals surface area (Å²) in [4.78, 5) is 0. The summed E-state index contributed by atoms with van der Waals surface area (Å²) in [5.74, 6) is 0. The molecule has 0 aliphatic rings. The fourth-order valence-corrected chi connectivity index (χ4v) is 1.90. The van der Waals surface area contributed by atoms with Crippen molar-refractivity contribution >= 4 is 0 Å². The molecule has 0 spiro atoms. The zero-order valence-electron chi connectivity index (χ0n) is 11.3. The number of aryl methyl sites for hydroxylation is 1. The van der Waals surface area contributed by atoms with Crippen molar-refractivity contribution in [2.45, 2.75) is 59.0 Å². The second kappa shape index (κ2) is 5.49. The molecule has 90 valence electrons. The molecular weight excluding hydrogens is 194 g/mol. The maximum atomic E-state index is 3.67. The van der Waals surface area contributed by atoms with E-state index in [0.717, 1.165) is 12.8 Å². The highest BCUT2D eigenvalue weighted by molar-refractivity contribution is 5.22. The third kappa shape index (κ3) is 4.36. The second-order valence-corrected chi connectivity index (χ2v) is 5.47. The van der Waals surface area contributed by atoms with Crippen molar-refractivity contribution in [1.82, 2.24) is 5.32 Å². The van der Waals surface area contributed by atoms with E-state index < -0.39 is 0 Å². The van der Waals surface area contributed by atoms with Gasteiger partial charge in [0.2, 0.25) is 0 Å². The largest absolute Gasteiger partial charge is 0.309 e. The summed E-state index contributed by atoms with van der Waals surface area (Å²) in [6.45, 7) is 11.1. The van der Waals surface area contributed by atoms with Crippen LogP contribution in [0.15, 0.2) is 24.3 Å². The molecule has 0 fully saturated rings. The van der Waals surface area contributed by atoms with Gasteiger partial charge in [0.1, 0.15) is 0 Å². The van der Waals surface area contributed by atoms with Gasteiger partial charge in [0.15, 0.2) is 0 Å². The van der Waals surface area contributed by atoms with Crippen LogP contribution in [-0.4, -0.2) is 11.6 Å². The van der Waals surface area contributed by atoms with Crippen molar-refractivity contribution in [2.75, 3.05) is 0 Å².